The van der Waals surface area contributed by atoms with Crippen LogP contribution in [-0.4, -0.2) is 18.1 Å². The zero-order valence-electron chi connectivity index (χ0n) is 10.8. The second kappa shape index (κ2) is 5.48. The second-order valence-electron chi connectivity index (χ2n) is 4.42. The number of benzene rings is 2. The summed E-state index contributed by atoms with van der Waals surface area (Å²) >= 11 is 0. The van der Waals surface area contributed by atoms with Gasteiger partial charge in [0.25, 0.3) is 0 Å². The van der Waals surface area contributed by atoms with Gasteiger partial charge in [-0.05, 0) is 23.3 Å². The third-order valence-electron chi connectivity index (χ3n) is 2.93. The Balaban J connectivity index is 1.92. The standard InChI is InChI=1S/C16H13N3O/c20-15-9-10-17-16(19-15)18-14-8-4-7-13(11-14)12-5-2-1-3-6-12/h1-8,10-11H,9H2,(H,18,19,20). The van der Waals surface area contributed by atoms with Crippen molar-refractivity contribution in [3.05, 3.63) is 54.6 Å². The third kappa shape index (κ3) is 2.80. The Kier molecular flexibility index (Phi) is 3.37. The molecule has 0 aliphatic carbocycles. The molecule has 0 aromatic heterocycles. The highest BCUT2D eigenvalue weighted by atomic mass is 16.1. The lowest BCUT2D eigenvalue weighted by Gasteiger charge is -2.08. The van der Waals surface area contributed by atoms with Crippen molar-refractivity contribution in [2.24, 2.45) is 9.98 Å². The molecule has 0 radical (unpaired) electrons. The summed E-state index contributed by atoms with van der Waals surface area (Å²) in [6.07, 6.45) is 1.88. The number of amides is 1. The van der Waals surface area contributed by atoms with E-state index in [9.17, 15) is 4.79 Å². The number of carbonyl (C=O) groups is 1. The molecule has 4 heteroatoms. The zero-order valence-corrected chi connectivity index (χ0v) is 10.8. The monoisotopic (exact) mass is 263 g/mol. The number of hydrogen-bond acceptors (Lipinski definition) is 2. The van der Waals surface area contributed by atoms with Crippen LogP contribution in [0, 0.1) is 0 Å². The van der Waals surface area contributed by atoms with Gasteiger partial charge in [-0.2, -0.15) is 0 Å². The van der Waals surface area contributed by atoms with Gasteiger partial charge in [-0.1, -0.05) is 42.5 Å². The summed E-state index contributed by atoms with van der Waals surface area (Å²) in [6, 6.07) is 17.9. The predicted molar refractivity (Wildman–Crippen MR) is 80.2 cm³/mol. The lowest BCUT2D eigenvalue weighted by atomic mass is 10.1. The van der Waals surface area contributed by atoms with E-state index < -0.39 is 0 Å². The maximum Gasteiger partial charge on any atom is 0.232 e. The molecule has 1 aliphatic heterocycles. The summed E-state index contributed by atoms with van der Waals surface area (Å²) in [7, 11) is 0. The summed E-state index contributed by atoms with van der Waals surface area (Å²) in [5.41, 5.74) is 2.98. The van der Waals surface area contributed by atoms with Crippen LogP contribution in [0.4, 0.5) is 5.69 Å². The van der Waals surface area contributed by atoms with Crippen LogP contribution in [0.2, 0.25) is 0 Å². The number of nitrogens with zero attached hydrogens (tertiary/aromatic N) is 2. The van der Waals surface area contributed by atoms with E-state index in [1.807, 2.05) is 54.6 Å². The first-order valence-corrected chi connectivity index (χ1v) is 6.38. The van der Waals surface area contributed by atoms with E-state index in [-0.39, 0.29) is 5.91 Å². The van der Waals surface area contributed by atoms with Gasteiger partial charge in [0.1, 0.15) is 0 Å². The maximum atomic E-state index is 11.3. The first-order chi connectivity index (χ1) is 9.81. The molecule has 1 N–H and O–H groups in total. The third-order valence-corrected chi connectivity index (χ3v) is 2.93. The molecule has 1 heterocycles. The molecule has 1 aliphatic rings. The minimum absolute atomic E-state index is 0.0852. The predicted octanol–water partition coefficient (Wildman–Crippen LogP) is 2.93. The molecule has 2 aromatic rings. The molecule has 2 aromatic carbocycles. The van der Waals surface area contributed by atoms with Crippen LogP contribution in [0.5, 0.6) is 0 Å². The summed E-state index contributed by atoms with van der Waals surface area (Å²) in [4.78, 5) is 19.7. The van der Waals surface area contributed by atoms with Crippen LogP contribution >= 0.6 is 0 Å². The highest BCUT2D eigenvalue weighted by molar-refractivity contribution is 6.09. The molecule has 0 bridgehead atoms. The average Bonchev–Trinajstić information content (AvgIpc) is 2.48. The van der Waals surface area contributed by atoms with E-state index in [0.717, 1.165) is 16.8 Å². The molecular weight excluding hydrogens is 250 g/mol. The lowest BCUT2D eigenvalue weighted by molar-refractivity contribution is -0.118. The van der Waals surface area contributed by atoms with Crippen LogP contribution in [0.1, 0.15) is 6.42 Å². The topological polar surface area (TPSA) is 53.8 Å². The van der Waals surface area contributed by atoms with Crippen molar-refractivity contribution in [3.8, 4) is 11.1 Å². The van der Waals surface area contributed by atoms with Gasteiger partial charge in [0.2, 0.25) is 11.9 Å². The van der Waals surface area contributed by atoms with Crippen LogP contribution < -0.4 is 5.32 Å². The van der Waals surface area contributed by atoms with Gasteiger partial charge in [0.15, 0.2) is 0 Å². The number of carbonyl (C=O) groups excluding carboxylic acids is 1. The summed E-state index contributed by atoms with van der Waals surface area (Å²) in [6.45, 7) is 0. The highest BCUT2D eigenvalue weighted by Gasteiger charge is 2.08. The molecule has 0 saturated heterocycles. The molecule has 0 unspecified atom stereocenters. The molecule has 0 fully saturated rings. The molecule has 0 saturated carbocycles. The van der Waals surface area contributed by atoms with Crippen molar-refractivity contribution >= 4 is 23.8 Å². The van der Waals surface area contributed by atoms with E-state index in [1.54, 1.807) is 6.21 Å². The maximum absolute atomic E-state index is 11.3. The number of hydrogen-bond donors (Lipinski definition) is 1. The normalized spacial score (nSPS) is 16.2. The summed E-state index contributed by atoms with van der Waals surface area (Å²) < 4.78 is 0. The Hall–Kier alpha value is -2.75. The van der Waals surface area contributed by atoms with Gasteiger partial charge in [0.05, 0.1) is 12.1 Å². The Morgan fingerprint density at radius 2 is 1.80 bits per heavy atom. The van der Waals surface area contributed by atoms with Gasteiger partial charge < -0.3 is 0 Å². The lowest BCUT2D eigenvalue weighted by Crippen LogP contribution is -2.32. The first-order valence-electron chi connectivity index (χ1n) is 6.38. The van der Waals surface area contributed by atoms with Gasteiger partial charge >= 0.3 is 0 Å². The molecule has 4 nitrogen and oxygen atoms in total. The fraction of sp³-hybridized carbons (Fsp3) is 0.0625. The summed E-state index contributed by atoms with van der Waals surface area (Å²) in [5, 5.41) is 2.64. The fourth-order valence-corrected chi connectivity index (χ4v) is 1.99. The first kappa shape index (κ1) is 12.3. The van der Waals surface area contributed by atoms with Gasteiger partial charge in [-0.3, -0.25) is 10.1 Å². The molecule has 0 atom stereocenters. The van der Waals surface area contributed by atoms with Gasteiger partial charge in [0, 0.05) is 6.21 Å². The average molecular weight is 263 g/mol. The smallest absolute Gasteiger partial charge is 0.232 e. The number of aliphatic imine (C=N–C) groups is 2. The summed E-state index contributed by atoms with van der Waals surface area (Å²) in [5.74, 6) is 0.254. The van der Waals surface area contributed by atoms with Crippen molar-refractivity contribution < 1.29 is 4.79 Å². The largest absolute Gasteiger partial charge is 0.294 e. The van der Waals surface area contributed by atoms with Crippen LogP contribution in [-0.2, 0) is 4.79 Å². The highest BCUT2D eigenvalue weighted by Crippen LogP contribution is 2.23. The molecule has 1 amide bonds. The van der Waals surface area contributed by atoms with Crippen molar-refractivity contribution in [2.45, 2.75) is 6.42 Å². The minimum atomic E-state index is -0.0852. The zero-order chi connectivity index (χ0) is 13.8. The number of rotatable bonds is 2. The van der Waals surface area contributed by atoms with E-state index >= 15 is 0 Å². The Labute approximate surface area is 116 Å². The number of guanidine groups is 1. The van der Waals surface area contributed by atoms with E-state index in [0.29, 0.717) is 12.4 Å². The molecule has 98 valence electrons. The Morgan fingerprint density at radius 1 is 1.00 bits per heavy atom. The van der Waals surface area contributed by atoms with E-state index in [2.05, 4.69) is 15.3 Å². The molecule has 20 heavy (non-hydrogen) atoms. The minimum Gasteiger partial charge on any atom is -0.294 e. The van der Waals surface area contributed by atoms with Gasteiger partial charge in [-0.15, -0.1) is 0 Å². The quantitative estimate of drug-likeness (QED) is 0.889. The van der Waals surface area contributed by atoms with Crippen LogP contribution in [0.15, 0.2) is 64.6 Å². The van der Waals surface area contributed by atoms with E-state index in [1.165, 1.54) is 0 Å². The van der Waals surface area contributed by atoms with Gasteiger partial charge in [-0.25, -0.2) is 9.98 Å². The van der Waals surface area contributed by atoms with Crippen molar-refractivity contribution in [1.82, 2.24) is 5.32 Å². The molecule has 3 rings (SSSR count). The number of nitrogens with one attached hydrogen (secondary N) is 1. The van der Waals surface area contributed by atoms with Crippen LogP contribution in [0.3, 0.4) is 0 Å². The molecular formula is C16H13N3O. The van der Waals surface area contributed by atoms with Crippen LogP contribution in [0.25, 0.3) is 11.1 Å². The fourth-order valence-electron chi connectivity index (χ4n) is 1.99. The Morgan fingerprint density at radius 3 is 2.60 bits per heavy atom. The van der Waals surface area contributed by atoms with Crippen molar-refractivity contribution in [2.75, 3.05) is 0 Å². The SMILES string of the molecule is O=C1CC=NC(=Nc2cccc(-c3ccccc3)c2)N1. The molecule has 0 spiro atoms. The van der Waals surface area contributed by atoms with Crippen molar-refractivity contribution in [1.29, 1.82) is 0 Å². The van der Waals surface area contributed by atoms with E-state index in [4.69, 9.17) is 0 Å². The second-order valence-corrected chi connectivity index (χ2v) is 4.42. The van der Waals surface area contributed by atoms with Crippen molar-refractivity contribution in [3.63, 3.8) is 0 Å². The Bertz CT molecular complexity index is 690.